The molecule has 0 aromatic carbocycles. The number of morpholine rings is 1. The van der Waals surface area contributed by atoms with Crippen molar-refractivity contribution in [3.8, 4) is 0 Å². The van der Waals surface area contributed by atoms with E-state index < -0.39 is 5.60 Å². The maximum absolute atomic E-state index is 5.99. The lowest BCUT2D eigenvalue weighted by atomic mass is 9.96. The summed E-state index contributed by atoms with van der Waals surface area (Å²) < 4.78 is 5.99. The van der Waals surface area contributed by atoms with Crippen LogP contribution in [0.4, 0.5) is 0 Å². The van der Waals surface area contributed by atoms with Gasteiger partial charge in [0.2, 0.25) is 0 Å². The number of pyridine rings is 1. The first-order valence-corrected chi connectivity index (χ1v) is 5.95. The average molecular weight is 242 g/mol. The summed E-state index contributed by atoms with van der Waals surface area (Å²) in [6.07, 6.45) is 5.22. The van der Waals surface area contributed by atoms with Crippen LogP contribution in [0.3, 0.4) is 0 Å². The maximum Gasteiger partial charge on any atom is 0.181 e. The fourth-order valence-corrected chi connectivity index (χ4v) is 2.14. The largest absolute Gasteiger partial charge is 0.358 e. The normalized spacial score (nSPS) is 23.8. The predicted molar refractivity (Wildman–Crippen MR) is 65.9 cm³/mol. The van der Waals surface area contributed by atoms with Crippen LogP contribution < -0.4 is 5.32 Å². The minimum atomic E-state index is -0.680. The van der Waals surface area contributed by atoms with Crippen molar-refractivity contribution in [3.63, 3.8) is 0 Å². The van der Waals surface area contributed by atoms with E-state index in [0.717, 1.165) is 12.2 Å². The second-order valence-electron chi connectivity index (χ2n) is 4.14. The number of hydrogen-bond donors (Lipinski definition) is 1. The Bertz CT molecular complexity index is 455. The van der Waals surface area contributed by atoms with Crippen LogP contribution in [0.5, 0.6) is 0 Å². The molecule has 2 aromatic rings. The molecule has 0 spiro atoms. The van der Waals surface area contributed by atoms with Gasteiger partial charge in [-0.3, -0.25) is 4.98 Å². The molecule has 5 nitrogen and oxygen atoms in total. The molecule has 1 unspecified atom stereocenters. The van der Waals surface area contributed by atoms with Crippen molar-refractivity contribution < 1.29 is 4.74 Å². The Morgan fingerprint density at radius 2 is 1.89 bits per heavy atom. The topological polar surface area (TPSA) is 59.9 Å². The van der Waals surface area contributed by atoms with Crippen molar-refractivity contribution in [2.24, 2.45) is 0 Å². The average Bonchev–Trinajstić information content (AvgIpc) is 2.50. The fourth-order valence-electron chi connectivity index (χ4n) is 2.14. The van der Waals surface area contributed by atoms with Crippen molar-refractivity contribution >= 4 is 0 Å². The van der Waals surface area contributed by atoms with Crippen molar-refractivity contribution in [2.75, 3.05) is 19.7 Å². The molecule has 1 aliphatic rings. The van der Waals surface area contributed by atoms with Gasteiger partial charge in [0.1, 0.15) is 0 Å². The highest BCUT2D eigenvalue weighted by Crippen LogP contribution is 2.30. The summed E-state index contributed by atoms with van der Waals surface area (Å²) in [5.41, 5.74) is 0.157. The molecule has 1 fully saturated rings. The van der Waals surface area contributed by atoms with Gasteiger partial charge in [-0.15, -0.1) is 0 Å². The molecule has 5 heteroatoms. The van der Waals surface area contributed by atoms with Crippen LogP contribution in [0.2, 0.25) is 0 Å². The van der Waals surface area contributed by atoms with Gasteiger partial charge in [0.05, 0.1) is 12.3 Å². The van der Waals surface area contributed by atoms with Gasteiger partial charge < -0.3 is 10.1 Å². The van der Waals surface area contributed by atoms with Gasteiger partial charge in [0.25, 0.3) is 0 Å². The van der Waals surface area contributed by atoms with Crippen molar-refractivity contribution in [2.45, 2.75) is 5.60 Å². The molecular formula is C13H14N4O. The fraction of sp³-hybridized carbons (Fsp3) is 0.308. The van der Waals surface area contributed by atoms with E-state index in [-0.39, 0.29) is 0 Å². The molecule has 1 atom stereocenters. The molecule has 0 amide bonds. The molecule has 1 N–H and O–H groups in total. The number of hydrogen-bond acceptors (Lipinski definition) is 5. The van der Waals surface area contributed by atoms with Crippen LogP contribution in [0.1, 0.15) is 11.5 Å². The first-order valence-electron chi connectivity index (χ1n) is 5.95. The van der Waals surface area contributed by atoms with E-state index in [1.165, 1.54) is 0 Å². The molecule has 0 saturated carbocycles. The lowest BCUT2D eigenvalue weighted by Crippen LogP contribution is -2.49. The Morgan fingerprint density at radius 1 is 1.06 bits per heavy atom. The first-order chi connectivity index (χ1) is 8.92. The van der Waals surface area contributed by atoms with Gasteiger partial charge in [0, 0.05) is 31.7 Å². The Labute approximate surface area is 105 Å². The van der Waals surface area contributed by atoms with Crippen LogP contribution in [0.15, 0.2) is 42.9 Å². The maximum atomic E-state index is 5.99. The Balaban J connectivity index is 2.10. The second-order valence-corrected chi connectivity index (χ2v) is 4.14. The standard InChI is InChI=1S/C13H14N4O/c1-2-5-15-11(4-1)13(10-14-8-9-18-13)12-16-6-3-7-17-12/h1-7,14H,8-10H2. The molecule has 1 aliphatic heterocycles. The van der Waals surface area contributed by atoms with Gasteiger partial charge in [-0.05, 0) is 18.2 Å². The molecule has 0 aliphatic carbocycles. The number of ether oxygens (including phenoxy) is 1. The molecule has 3 heterocycles. The molecular weight excluding hydrogens is 228 g/mol. The zero-order chi connectivity index (χ0) is 12.3. The lowest BCUT2D eigenvalue weighted by Gasteiger charge is -2.35. The van der Waals surface area contributed by atoms with Crippen LogP contribution >= 0.6 is 0 Å². The Hall–Kier alpha value is -1.85. The summed E-state index contributed by atoms with van der Waals surface area (Å²) in [4.78, 5) is 13.1. The van der Waals surface area contributed by atoms with E-state index in [4.69, 9.17) is 4.74 Å². The summed E-state index contributed by atoms with van der Waals surface area (Å²) in [6.45, 7) is 2.09. The number of nitrogens with zero attached hydrogens (tertiary/aromatic N) is 3. The van der Waals surface area contributed by atoms with Crippen LogP contribution in [0, 0.1) is 0 Å². The Morgan fingerprint density at radius 3 is 2.56 bits per heavy atom. The third kappa shape index (κ3) is 1.87. The monoisotopic (exact) mass is 242 g/mol. The summed E-state index contributed by atoms with van der Waals surface area (Å²) >= 11 is 0. The number of rotatable bonds is 2. The SMILES string of the molecule is c1ccc(C2(c3ncccn3)CNCCO2)nc1. The quantitative estimate of drug-likeness (QED) is 0.841. The van der Waals surface area contributed by atoms with Crippen LogP contribution in [0.25, 0.3) is 0 Å². The molecule has 2 aromatic heterocycles. The predicted octanol–water partition coefficient (Wildman–Crippen LogP) is 0.735. The molecule has 0 bridgehead atoms. The first kappa shape index (κ1) is 11.3. The zero-order valence-corrected chi connectivity index (χ0v) is 9.91. The van der Waals surface area contributed by atoms with E-state index in [2.05, 4.69) is 20.3 Å². The summed E-state index contributed by atoms with van der Waals surface area (Å²) in [5.74, 6) is 0.649. The minimum absolute atomic E-state index is 0.620. The number of nitrogens with one attached hydrogen (secondary N) is 1. The van der Waals surface area contributed by atoms with Crippen molar-refractivity contribution in [3.05, 3.63) is 54.4 Å². The van der Waals surface area contributed by atoms with Crippen molar-refractivity contribution in [1.82, 2.24) is 20.3 Å². The van der Waals surface area contributed by atoms with Crippen molar-refractivity contribution in [1.29, 1.82) is 0 Å². The molecule has 1 saturated heterocycles. The lowest BCUT2D eigenvalue weighted by molar-refractivity contribution is -0.0492. The van der Waals surface area contributed by atoms with Gasteiger partial charge in [-0.25, -0.2) is 9.97 Å². The van der Waals surface area contributed by atoms with E-state index >= 15 is 0 Å². The second kappa shape index (κ2) is 4.80. The third-order valence-corrected chi connectivity index (χ3v) is 3.01. The summed E-state index contributed by atoms with van der Waals surface area (Å²) in [7, 11) is 0. The van der Waals surface area contributed by atoms with Crippen LogP contribution in [-0.2, 0) is 10.3 Å². The molecule has 3 rings (SSSR count). The van der Waals surface area contributed by atoms with Crippen LogP contribution in [-0.4, -0.2) is 34.6 Å². The number of aromatic nitrogens is 3. The molecule has 92 valence electrons. The molecule has 18 heavy (non-hydrogen) atoms. The zero-order valence-electron chi connectivity index (χ0n) is 9.91. The highest BCUT2D eigenvalue weighted by molar-refractivity contribution is 5.24. The van der Waals surface area contributed by atoms with Gasteiger partial charge in [0.15, 0.2) is 11.4 Å². The van der Waals surface area contributed by atoms with Gasteiger partial charge in [-0.1, -0.05) is 6.07 Å². The van der Waals surface area contributed by atoms with E-state index in [1.54, 1.807) is 24.7 Å². The van der Waals surface area contributed by atoms with E-state index in [0.29, 0.717) is 19.0 Å². The highest BCUT2D eigenvalue weighted by atomic mass is 16.5. The summed E-state index contributed by atoms with van der Waals surface area (Å²) in [5, 5.41) is 3.33. The third-order valence-electron chi connectivity index (χ3n) is 3.01. The van der Waals surface area contributed by atoms with Gasteiger partial charge in [-0.2, -0.15) is 0 Å². The molecule has 0 radical (unpaired) electrons. The Kier molecular flexibility index (Phi) is 3.00. The minimum Gasteiger partial charge on any atom is -0.358 e. The summed E-state index contributed by atoms with van der Waals surface area (Å²) in [6, 6.07) is 7.58. The van der Waals surface area contributed by atoms with E-state index in [9.17, 15) is 0 Å². The van der Waals surface area contributed by atoms with E-state index in [1.807, 2.05) is 18.2 Å². The highest BCUT2D eigenvalue weighted by Gasteiger charge is 2.41. The van der Waals surface area contributed by atoms with Gasteiger partial charge >= 0.3 is 0 Å². The smallest absolute Gasteiger partial charge is 0.181 e.